The summed E-state index contributed by atoms with van der Waals surface area (Å²) in [5, 5.41) is 4.66. The predicted molar refractivity (Wildman–Crippen MR) is 96.2 cm³/mol. The van der Waals surface area contributed by atoms with Crippen LogP contribution in [0.4, 0.5) is 0 Å². The van der Waals surface area contributed by atoms with Gasteiger partial charge in [0.15, 0.2) is 5.43 Å². The second kappa shape index (κ2) is 6.02. The first kappa shape index (κ1) is 15.3. The smallest absolute Gasteiger partial charge is 0.209 e. The summed E-state index contributed by atoms with van der Waals surface area (Å²) in [6.07, 6.45) is 1.44. The Morgan fingerprint density at radius 3 is 2.72 bits per heavy atom. The standard InChI is InChI=1S/C20H16N2O3/c1-12-6-8-13(9-7-12)19(23)18-15(10-21-22-18)16-11-25-17-5-3-2-4-14(17)20(16)24/h2-9,11,15,21H,10H2,1H3. The van der Waals surface area contributed by atoms with Crippen molar-refractivity contribution in [3.63, 3.8) is 0 Å². The van der Waals surface area contributed by atoms with E-state index >= 15 is 0 Å². The van der Waals surface area contributed by atoms with E-state index in [0.29, 0.717) is 34.4 Å². The molecule has 4 rings (SSSR count). The van der Waals surface area contributed by atoms with Gasteiger partial charge in [0.05, 0.1) is 17.6 Å². The normalized spacial score (nSPS) is 16.5. The highest BCUT2D eigenvalue weighted by molar-refractivity contribution is 6.48. The quantitative estimate of drug-likeness (QED) is 0.748. The van der Waals surface area contributed by atoms with Gasteiger partial charge in [-0.2, -0.15) is 5.10 Å². The van der Waals surface area contributed by atoms with Crippen LogP contribution in [0.1, 0.15) is 27.4 Å². The number of Topliss-reactive ketones (excluding diaryl/α,β-unsaturated/α-hetero) is 1. The van der Waals surface area contributed by atoms with Gasteiger partial charge in [-0.15, -0.1) is 0 Å². The number of benzene rings is 2. The summed E-state index contributed by atoms with van der Waals surface area (Å²) in [6.45, 7) is 2.36. The number of rotatable bonds is 3. The zero-order valence-electron chi connectivity index (χ0n) is 13.7. The molecule has 0 radical (unpaired) electrons. The van der Waals surface area contributed by atoms with Crippen LogP contribution >= 0.6 is 0 Å². The highest BCUT2D eigenvalue weighted by atomic mass is 16.3. The largest absolute Gasteiger partial charge is 0.464 e. The van der Waals surface area contributed by atoms with Crippen LogP contribution in [0.25, 0.3) is 11.0 Å². The summed E-state index contributed by atoms with van der Waals surface area (Å²) in [5.41, 5.74) is 5.68. The first-order valence-electron chi connectivity index (χ1n) is 8.07. The van der Waals surface area contributed by atoms with E-state index in [2.05, 4.69) is 10.5 Å². The Balaban J connectivity index is 1.75. The molecule has 5 heteroatoms. The highest BCUT2D eigenvalue weighted by Gasteiger charge is 2.32. The fourth-order valence-corrected chi connectivity index (χ4v) is 3.05. The maximum atomic E-state index is 12.8. The van der Waals surface area contributed by atoms with Gasteiger partial charge in [-0.3, -0.25) is 9.59 Å². The predicted octanol–water partition coefficient (Wildman–Crippen LogP) is 3.03. The fraction of sp³-hybridized carbons (Fsp3) is 0.150. The summed E-state index contributed by atoms with van der Waals surface area (Å²) < 4.78 is 5.59. The van der Waals surface area contributed by atoms with Crippen molar-refractivity contribution in [3.8, 4) is 0 Å². The maximum Gasteiger partial charge on any atom is 0.209 e. The number of nitrogens with zero attached hydrogens (tertiary/aromatic N) is 1. The molecule has 1 N–H and O–H groups in total. The summed E-state index contributed by atoms with van der Waals surface area (Å²) in [6, 6.07) is 14.4. The van der Waals surface area contributed by atoms with E-state index in [9.17, 15) is 9.59 Å². The third-order valence-electron chi connectivity index (χ3n) is 4.45. The van der Waals surface area contributed by atoms with E-state index in [1.807, 2.05) is 25.1 Å². The third-order valence-corrected chi connectivity index (χ3v) is 4.45. The monoisotopic (exact) mass is 332 g/mol. The van der Waals surface area contributed by atoms with E-state index in [-0.39, 0.29) is 11.2 Å². The van der Waals surface area contributed by atoms with E-state index in [4.69, 9.17) is 4.42 Å². The lowest BCUT2D eigenvalue weighted by molar-refractivity contribution is 0.106. The number of para-hydroxylation sites is 1. The topological polar surface area (TPSA) is 71.7 Å². The number of hydrogen-bond acceptors (Lipinski definition) is 5. The molecule has 25 heavy (non-hydrogen) atoms. The number of aryl methyl sites for hydroxylation is 1. The van der Waals surface area contributed by atoms with Crippen molar-refractivity contribution in [2.75, 3.05) is 6.54 Å². The van der Waals surface area contributed by atoms with Crippen molar-refractivity contribution in [2.45, 2.75) is 12.8 Å². The van der Waals surface area contributed by atoms with Crippen molar-refractivity contribution < 1.29 is 9.21 Å². The Morgan fingerprint density at radius 2 is 1.92 bits per heavy atom. The second-order valence-electron chi connectivity index (χ2n) is 6.12. The number of hydrazone groups is 1. The number of carbonyl (C=O) groups is 1. The van der Waals surface area contributed by atoms with Crippen LogP contribution in [0, 0.1) is 6.92 Å². The number of ketones is 1. The Kier molecular flexibility index (Phi) is 3.69. The van der Waals surface area contributed by atoms with Crippen LogP contribution in [0.15, 0.2) is 69.1 Å². The minimum absolute atomic E-state index is 0.125. The van der Waals surface area contributed by atoms with Gasteiger partial charge in [0.1, 0.15) is 11.3 Å². The molecule has 3 aromatic rings. The Bertz CT molecular complexity index is 1050. The van der Waals surface area contributed by atoms with Crippen LogP contribution in [-0.2, 0) is 0 Å². The average molecular weight is 332 g/mol. The Labute approximate surface area is 144 Å². The summed E-state index contributed by atoms with van der Waals surface area (Å²) >= 11 is 0. The minimum atomic E-state index is -0.422. The molecule has 0 fully saturated rings. The lowest BCUT2D eigenvalue weighted by Gasteiger charge is -2.11. The Hall–Kier alpha value is -3.21. The first-order valence-corrected chi connectivity index (χ1v) is 8.07. The van der Waals surface area contributed by atoms with Crippen molar-refractivity contribution in [1.29, 1.82) is 0 Å². The van der Waals surface area contributed by atoms with Gasteiger partial charge in [0, 0.05) is 17.7 Å². The molecular weight excluding hydrogens is 316 g/mol. The number of fused-ring (bicyclic) bond motifs is 1. The molecule has 0 saturated carbocycles. The van der Waals surface area contributed by atoms with Gasteiger partial charge in [-0.05, 0) is 19.1 Å². The van der Waals surface area contributed by atoms with Gasteiger partial charge in [0.2, 0.25) is 5.78 Å². The summed E-state index contributed by atoms with van der Waals surface area (Å²) in [5.74, 6) is -0.600. The highest BCUT2D eigenvalue weighted by Crippen LogP contribution is 2.23. The molecule has 1 aliphatic rings. The van der Waals surface area contributed by atoms with Crippen molar-refractivity contribution in [2.24, 2.45) is 5.10 Å². The van der Waals surface area contributed by atoms with Gasteiger partial charge < -0.3 is 9.84 Å². The van der Waals surface area contributed by atoms with Gasteiger partial charge >= 0.3 is 0 Å². The van der Waals surface area contributed by atoms with Crippen molar-refractivity contribution >= 4 is 22.5 Å². The van der Waals surface area contributed by atoms with Crippen LogP contribution in [0.3, 0.4) is 0 Å². The fourth-order valence-electron chi connectivity index (χ4n) is 3.05. The molecule has 2 aromatic carbocycles. The van der Waals surface area contributed by atoms with Crippen molar-refractivity contribution in [3.05, 3.63) is 81.7 Å². The van der Waals surface area contributed by atoms with E-state index < -0.39 is 5.92 Å². The molecule has 1 atom stereocenters. The van der Waals surface area contributed by atoms with Crippen LogP contribution in [0.5, 0.6) is 0 Å². The molecule has 0 amide bonds. The third kappa shape index (κ3) is 2.63. The van der Waals surface area contributed by atoms with Gasteiger partial charge in [0.25, 0.3) is 0 Å². The molecule has 2 heterocycles. The summed E-state index contributed by atoms with van der Waals surface area (Å²) in [7, 11) is 0. The average Bonchev–Trinajstić information content (AvgIpc) is 3.12. The molecule has 1 unspecified atom stereocenters. The molecule has 124 valence electrons. The van der Waals surface area contributed by atoms with E-state index in [1.54, 1.807) is 30.3 Å². The van der Waals surface area contributed by atoms with Crippen LogP contribution in [0.2, 0.25) is 0 Å². The molecule has 5 nitrogen and oxygen atoms in total. The molecular formula is C20H16N2O3. The molecule has 0 bridgehead atoms. The zero-order valence-corrected chi connectivity index (χ0v) is 13.7. The van der Waals surface area contributed by atoms with Crippen LogP contribution in [-0.4, -0.2) is 18.0 Å². The van der Waals surface area contributed by atoms with Gasteiger partial charge in [-0.1, -0.05) is 42.0 Å². The lowest BCUT2D eigenvalue weighted by Crippen LogP contribution is -2.26. The SMILES string of the molecule is Cc1ccc(C(=O)C2=NNCC2c2coc3ccccc3c2=O)cc1. The summed E-state index contributed by atoms with van der Waals surface area (Å²) in [4.78, 5) is 25.6. The molecule has 1 aromatic heterocycles. The second-order valence-corrected chi connectivity index (χ2v) is 6.12. The lowest BCUT2D eigenvalue weighted by atomic mass is 9.90. The number of carbonyl (C=O) groups excluding carboxylic acids is 1. The minimum Gasteiger partial charge on any atom is -0.464 e. The molecule has 1 aliphatic heterocycles. The van der Waals surface area contributed by atoms with Gasteiger partial charge in [-0.25, -0.2) is 0 Å². The number of nitrogens with one attached hydrogen (secondary N) is 1. The maximum absolute atomic E-state index is 12.8. The van der Waals surface area contributed by atoms with E-state index in [1.165, 1.54) is 6.26 Å². The van der Waals surface area contributed by atoms with Crippen LogP contribution < -0.4 is 10.9 Å². The molecule has 0 saturated heterocycles. The van der Waals surface area contributed by atoms with Crippen molar-refractivity contribution in [1.82, 2.24) is 5.43 Å². The number of hydrogen-bond donors (Lipinski definition) is 1. The molecule has 0 aliphatic carbocycles. The molecule has 0 spiro atoms. The zero-order chi connectivity index (χ0) is 17.4. The first-order chi connectivity index (χ1) is 12.1. The Morgan fingerprint density at radius 1 is 1.16 bits per heavy atom. The van der Waals surface area contributed by atoms with E-state index in [0.717, 1.165) is 5.56 Å².